The zero-order valence-electron chi connectivity index (χ0n) is 3.18. The quantitative estimate of drug-likeness (QED) is 0.401. The van der Waals surface area contributed by atoms with Gasteiger partial charge >= 0.3 is 0 Å². The van der Waals surface area contributed by atoms with Crippen LogP contribution >= 0.6 is 0 Å². The van der Waals surface area contributed by atoms with Crippen molar-refractivity contribution in [2.75, 3.05) is 0 Å². The maximum Gasteiger partial charge on any atom is 0.129 e. The van der Waals surface area contributed by atoms with Gasteiger partial charge in [-0.1, -0.05) is 0 Å². The molecule has 3 heteroatoms. The van der Waals surface area contributed by atoms with Gasteiger partial charge in [-0.25, -0.2) is 4.99 Å². The minimum atomic E-state index is 0.521. The number of rotatable bonds is 0. The zero-order chi connectivity index (χ0) is 4.57. The van der Waals surface area contributed by atoms with Crippen molar-refractivity contribution in [1.82, 2.24) is 0 Å². The van der Waals surface area contributed by atoms with Crippen molar-refractivity contribution >= 4 is 5.84 Å². The Morgan fingerprint density at radius 3 is 2.00 bits per heavy atom. The molecule has 0 saturated carbocycles. The maximum absolute atomic E-state index is 5.06. The van der Waals surface area contributed by atoms with Gasteiger partial charge in [0.25, 0.3) is 0 Å². The molecule has 0 radical (unpaired) electrons. The van der Waals surface area contributed by atoms with Crippen LogP contribution in [0.25, 0.3) is 0 Å². The summed E-state index contributed by atoms with van der Waals surface area (Å²) in [5, 5.41) is 0. The molecule has 0 fully saturated rings. The fourth-order valence-corrected chi connectivity index (χ4v) is 0.299. The van der Waals surface area contributed by atoms with E-state index < -0.39 is 0 Å². The van der Waals surface area contributed by atoms with Crippen LogP contribution in [0.2, 0.25) is 0 Å². The number of hydrogen-bond donors (Lipinski definition) is 2. The third kappa shape index (κ3) is 0.247. The Balaban J connectivity index is 2.57. The highest BCUT2D eigenvalue weighted by molar-refractivity contribution is 5.97. The van der Waals surface area contributed by atoms with E-state index in [1.807, 2.05) is 0 Å². The summed E-state index contributed by atoms with van der Waals surface area (Å²) >= 11 is 0. The molecule has 0 spiro atoms. The van der Waals surface area contributed by atoms with Crippen LogP contribution in [-0.2, 0) is 0 Å². The zero-order valence-corrected chi connectivity index (χ0v) is 3.18. The molecular weight excluding hydrogens is 78.1 g/mol. The number of nitrogens with two attached hydrogens (primary N) is 2. The number of aliphatic imine (C=N–C) groups is 1. The molecule has 4 N–H and O–H groups in total. The lowest BCUT2D eigenvalue weighted by Gasteiger charge is -2.01. The van der Waals surface area contributed by atoms with E-state index in [4.69, 9.17) is 11.5 Å². The summed E-state index contributed by atoms with van der Waals surface area (Å²) in [6, 6.07) is 0. The lowest BCUT2D eigenvalue weighted by atomic mass is 10.4. The van der Waals surface area contributed by atoms with Gasteiger partial charge in [0.15, 0.2) is 0 Å². The van der Waals surface area contributed by atoms with Crippen molar-refractivity contribution < 1.29 is 0 Å². The molecule has 0 bridgehead atoms. The average molecular weight is 83.1 g/mol. The summed E-state index contributed by atoms with van der Waals surface area (Å²) in [7, 11) is 0. The second kappa shape index (κ2) is 0.739. The Morgan fingerprint density at radius 1 is 1.50 bits per heavy atom. The molecule has 0 atom stereocenters. The van der Waals surface area contributed by atoms with Crippen molar-refractivity contribution in [3.05, 3.63) is 11.9 Å². The number of hydrogen-bond acceptors (Lipinski definition) is 3. The Bertz CT molecular complexity index is 100. The summed E-state index contributed by atoms with van der Waals surface area (Å²) in [5.74, 6) is 1.04. The van der Waals surface area contributed by atoms with Gasteiger partial charge in [0.2, 0.25) is 0 Å². The lowest BCUT2D eigenvalue weighted by molar-refractivity contribution is 1.19. The van der Waals surface area contributed by atoms with Crippen LogP contribution in [0.1, 0.15) is 0 Å². The number of nitrogens with zero attached hydrogens (tertiary/aromatic N) is 1. The largest absolute Gasteiger partial charge is 0.384 e. The SMILES string of the molecule is NC1=CC(N)=N1. The highest BCUT2D eigenvalue weighted by Crippen LogP contribution is 1.95. The van der Waals surface area contributed by atoms with E-state index >= 15 is 0 Å². The van der Waals surface area contributed by atoms with Gasteiger partial charge < -0.3 is 11.5 Å². The first-order valence-electron chi connectivity index (χ1n) is 1.60. The van der Waals surface area contributed by atoms with Crippen LogP contribution in [0.3, 0.4) is 0 Å². The van der Waals surface area contributed by atoms with Crippen LogP contribution in [0.4, 0.5) is 0 Å². The maximum atomic E-state index is 5.06. The van der Waals surface area contributed by atoms with Crippen molar-refractivity contribution in [1.29, 1.82) is 0 Å². The molecule has 0 aliphatic carbocycles. The van der Waals surface area contributed by atoms with E-state index in [2.05, 4.69) is 4.99 Å². The van der Waals surface area contributed by atoms with E-state index in [0.29, 0.717) is 11.7 Å². The molecule has 0 amide bonds. The molecule has 1 aliphatic heterocycles. The first-order chi connectivity index (χ1) is 2.79. The van der Waals surface area contributed by atoms with Crippen LogP contribution in [0, 0.1) is 0 Å². The highest BCUT2D eigenvalue weighted by Gasteiger charge is 1.97. The van der Waals surface area contributed by atoms with Crippen LogP contribution in [0.15, 0.2) is 16.9 Å². The molecule has 32 valence electrons. The molecule has 0 aromatic heterocycles. The average Bonchev–Trinajstić information content (AvgIpc) is 1.33. The molecule has 0 aromatic carbocycles. The lowest BCUT2D eigenvalue weighted by Crippen LogP contribution is -2.19. The minimum absolute atomic E-state index is 0.521. The van der Waals surface area contributed by atoms with Gasteiger partial charge in [-0.15, -0.1) is 0 Å². The topological polar surface area (TPSA) is 64.4 Å². The van der Waals surface area contributed by atoms with E-state index in [1.165, 1.54) is 0 Å². The standard InChI is InChI=1S/C3H5N3/c4-2-1-3(5)6-2/h1H,(H4,4,5,6). The van der Waals surface area contributed by atoms with Crippen molar-refractivity contribution in [3.63, 3.8) is 0 Å². The summed E-state index contributed by atoms with van der Waals surface area (Å²) in [6.07, 6.45) is 1.61. The van der Waals surface area contributed by atoms with Crippen molar-refractivity contribution in [2.24, 2.45) is 16.5 Å². The van der Waals surface area contributed by atoms with Gasteiger partial charge in [-0.05, 0) is 0 Å². The minimum Gasteiger partial charge on any atom is -0.384 e. The van der Waals surface area contributed by atoms with Gasteiger partial charge in [-0.2, -0.15) is 0 Å². The smallest absolute Gasteiger partial charge is 0.129 e. The fourth-order valence-electron chi connectivity index (χ4n) is 0.299. The van der Waals surface area contributed by atoms with E-state index in [1.54, 1.807) is 6.08 Å². The van der Waals surface area contributed by atoms with E-state index in [9.17, 15) is 0 Å². The summed E-state index contributed by atoms with van der Waals surface area (Å²) < 4.78 is 0. The summed E-state index contributed by atoms with van der Waals surface area (Å²) in [4.78, 5) is 3.56. The molecule has 0 unspecified atom stereocenters. The van der Waals surface area contributed by atoms with E-state index in [-0.39, 0.29) is 0 Å². The Labute approximate surface area is 35.3 Å². The Morgan fingerprint density at radius 2 is 2.00 bits per heavy atom. The van der Waals surface area contributed by atoms with Crippen LogP contribution in [0.5, 0.6) is 0 Å². The highest BCUT2D eigenvalue weighted by atomic mass is 15.0. The summed E-state index contributed by atoms with van der Waals surface area (Å²) in [5.41, 5.74) is 10.1. The van der Waals surface area contributed by atoms with Gasteiger partial charge in [0.1, 0.15) is 11.7 Å². The molecule has 1 rings (SSSR count). The van der Waals surface area contributed by atoms with Crippen LogP contribution < -0.4 is 11.5 Å². The molecule has 1 aliphatic rings. The van der Waals surface area contributed by atoms with Gasteiger partial charge in [-0.3, -0.25) is 0 Å². The monoisotopic (exact) mass is 83.0 g/mol. The molecule has 0 aromatic rings. The second-order valence-corrected chi connectivity index (χ2v) is 1.11. The summed E-state index contributed by atoms with van der Waals surface area (Å²) in [6.45, 7) is 0. The number of amidine groups is 1. The third-order valence-electron chi connectivity index (χ3n) is 0.554. The Hall–Kier alpha value is -0.990. The second-order valence-electron chi connectivity index (χ2n) is 1.11. The third-order valence-corrected chi connectivity index (χ3v) is 0.554. The van der Waals surface area contributed by atoms with Gasteiger partial charge in [0.05, 0.1) is 0 Å². The van der Waals surface area contributed by atoms with Gasteiger partial charge in [0, 0.05) is 6.08 Å². The molecule has 0 saturated heterocycles. The fraction of sp³-hybridized carbons (Fsp3) is 0. The normalized spacial score (nSPS) is 18.0. The van der Waals surface area contributed by atoms with Crippen molar-refractivity contribution in [3.8, 4) is 0 Å². The molecule has 1 heterocycles. The molecule has 6 heavy (non-hydrogen) atoms. The predicted molar refractivity (Wildman–Crippen MR) is 23.9 cm³/mol. The van der Waals surface area contributed by atoms with Crippen molar-refractivity contribution in [2.45, 2.75) is 0 Å². The first kappa shape index (κ1) is 3.21. The predicted octanol–water partition coefficient (Wildman–Crippen LogP) is -0.843. The van der Waals surface area contributed by atoms with Crippen LogP contribution in [-0.4, -0.2) is 5.84 Å². The molecule has 3 nitrogen and oxygen atoms in total. The molecular formula is C3H5N3. The van der Waals surface area contributed by atoms with E-state index in [0.717, 1.165) is 0 Å². The Kier molecular flexibility index (Phi) is 0.395. The first-order valence-corrected chi connectivity index (χ1v) is 1.60.